The second-order valence-electron chi connectivity index (χ2n) is 10.4. The number of aryl methyl sites for hydroxylation is 1. The van der Waals surface area contributed by atoms with Crippen molar-refractivity contribution in [1.82, 2.24) is 0 Å². The molecule has 2 aliphatic rings. The van der Waals surface area contributed by atoms with Gasteiger partial charge in [0.05, 0.1) is 0 Å². The van der Waals surface area contributed by atoms with Crippen LogP contribution in [0.15, 0.2) is 51.1 Å². The molecule has 0 saturated carbocycles. The van der Waals surface area contributed by atoms with Gasteiger partial charge in [0.15, 0.2) is 0 Å². The van der Waals surface area contributed by atoms with Crippen molar-refractivity contribution >= 4 is 60.9 Å². The van der Waals surface area contributed by atoms with Gasteiger partial charge in [-0.25, -0.2) is 0 Å². The summed E-state index contributed by atoms with van der Waals surface area (Å²) >= 11 is 3.82. The Kier molecular flexibility index (Phi) is 5.33. The number of halogens is 1. The summed E-state index contributed by atoms with van der Waals surface area (Å²) < 4.78 is 3.59. The summed E-state index contributed by atoms with van der Waals surface area (Å²) in [5, 5.41) is 13.3. The van der Waals surface area contributed by atoms with Crippen molar-refractivity contribution in [2.24, 2.45) is 4.99 Å². The Morgan fingerprint density at radius 1 is 1.06 bits per heavy atom. The monoisotopic (exact) mass is 561 g/mol. The van der Waals surface area contributed by atoms with Gasteiger partial charge in [0, 0.05) is 0 Å². The molecule has 1 N–H and O–H groups in total. The van der Waals surface area contributed by atoms with Gasteiger partial charge >= 0.3 is 201 Å². The summed E-state index contributed by atoms with van der Waals surface area (Å²) in [7, 11) is -2.66. The third-order valence-electron chi connectivity index (χ3n) is 6.50. The predicted octanol–water partition coefficient (Wildman–Crippen LogP) is 6.13. The first-order chi connectivity index (χ1) is 14.3. The number of carbonyl (C=O) groups excluding carboxylic acids is 1. The van der Waals surface area contributed by atoms with Crippen molar-refractivity contribution in [2.75, 3.05) is 0 Å². The molecule has 1 aliphatic carbocycles. The number of ketones is 1. The van der Waals surface area contributed by atoms with E-state index < -0.39 is 8.07 Å². The van der Waals surface area contributed by atoms with Crippen molar-refractivity contribution in [3.05, 3.63) is 50.5 Å². The van der Waals surface area contributed by atoms with E-state index >= 15 is 0 Å². The molecular formula is C25H28BrNO2SeSi. The quantitative estimate of drug-likeness (QED) is 0.336. The van der Waals surface area contributed by atoms with E-state index in [4.69, 9.17) is 4.99 Å². The number of phenols is 1. The van der Waals surface area contributed by atoms with E-state index in [9.17, 15) is 9.90 Å². The summed E-state index contributed by atoms with van der Waals surface area (Å²) in [6, 6.07) is 5.90. The van der Waals surface area contributed by atoms with Crippen LogP contribution in [0.2, 0.25) is 10.1 Å². The van der Waals surface area contributed by atoms with Crippen molar-refractivity contribution < 1.29 is 9.90 Å². The summed E-state index contributed by atoms with van der Waals surface area (Å²) in [5.74, 6) is 0.332. The Bertz CT molecular complexity index is 1170. The SMILES string of the molecule is Cc1[se]c(-c2c(O)ccc3c2[Si](C(C)(C)C)(C(C)(C)C)C2=CC(=O)C=CC2=N3)cc1Br. The van der Waals surface area contributed by atoms with Gasteiger partial charge in [-0.1, -0.05) is 0 Å². The van der Waals surface area contributed by atoms with Gasteiger partial charge in [-0.3, -0.25) is 0 Å². The van der Waals surface area contributed by atoms with Crippen LogP contribution in [0.3, 0.4) is 0 Å². The van der Waals surface area contributed by atoms with E-state index in [2.05, 4.69) is 70.5 Å². The average molecular weight is 561 g/mol. The summed E-state index contributed by atoms with van der Waals surface area (Å²) in [5.41, 5.74) is 2.78. The van der Waals surface area contributed by atoms with Crippen molar-refractivity contribution in [3.63, 3.8) is 0 Å². The fourth-order valence-electron chi connectivity index (χ4n) is 5.75. The maximum atomic E-state index is 12.6. The number of aromatic hydroxyl groups is 1. The first-order valence-electron chi connectivity index (χ1n) is 10.4. The van der Waals surface area contributed by atoms with E-state index in [1.165, 1.54) is 14.1 Å². The number of rotatable bonds is 1. The molecule has 0 bridgehead atoms. The fourth-order valence-corrected chi connectivity index (χ4v) is 16.7. The topological polar surface area (TPSA) is 49.7 Å². The third kappa shape index (κ3) is 3.26. The molecule has 162 valence electrons. The summed E-state index contributed by atoms with van der Waals surface area (Å²) in [4.78, 5) is 17.6. The molecule has 1 aliphatic heterocycles. The molecule has 0 unspecified atom stereocenters. The normalized spacial score (nSPS) is 17.7. The third-order valence-corrected chi connectivity index (χ3v) is 17.1. The number of carbonyl (C=O) groups is 1. The zero-order chi connectivity index (χ0) is 22.9. The van der Waals surface area contributed by atoms with Gasteiger partial charge in [0.2, 0.25) is 0 Å². The molecule has 0 fully saturated rings. The molecule has 2 heterocycles. The molecule has 0 atom stereocenters. The van der Waals surface area contributed by atoms with E-state index in [1.54, 1.807) is 12.1 Å². The van der Waals surface area contributed by atoms with Crippen LogP contribution < -0.4 is 5.19 Å². The molecule has 31 heavy (non-hydrogen) atoms. The summed E-state index contributed by atoms with van der Waals surface area (Å²) in [6.07, 6.45) is 5.32. The summed E-state index contributed by atoms with van der Waals surface area (Å²) in [6.45, 7) is 15.9. The van der Waals surface area contributed by atoms with Gasteiger partial charge in [0.25, 0.3) is 0 Å². The van der Waals surface area contributed by atoms with E-state index in [1.807, 2.05) is 18.2 Å². The zero-order valence-electron chi connectivity index (χ0n) is 19.1. The van der Waals surface area contributed by atoms with Crippen LogP contribution in [0, 0.1) is 6.92 Å². The fraction of sp³-hybridized carbons (Fsp3) is 0.360. The molecule has 0 radical (unpaired) electrons. The molecule has 6 heteroatoms. The number of hydrogen-bond donors (Lipinski definition) is 1. The molecule has 4 rings (SSSR count). The van der Waals surface area contributed by atoms with E-state index in [0.29, 0.717) is 5.75 Å². The average Bonchev–Trinajstić information content (AvgIpc) is 2.96. The number of aliphatic imine (C=N–C) groups is 1. The Labute approximate surface area is 199 Å². The van der Waals surface area contributed by atoms with Crippen molar-refractivity contribution in [3.8, 4) is 15.8 Å². The van der Waals surface area contributed by atoms with Gasteiger partial charge < -0.3 is 0 Å². The molecule has 0 saturated heterocycles. The minimum atomic E-state index is -2.66. The zero-order valence-corrected chi connectivity index (χ0v) is 23.4. The van der Waals surface area contributed by atoms with Gasteiger partial charge in [0.1, 0.15) is 0 Å². The molecule has 3 nitrogen and oxygen atoms in total. The standard InChI is InChI=1S/C25H28BrNO2SeSi/c1-14-16(26)13-20(30-14)22-19(29)11-10-18-23(22)31(24(2,3)4,25(5,6)7)21-12-15(28)8-9-17(21)27-18/h8-13,29H,1-7H3. The van der Waals surface area contributed by atoms with Crippen LogP contribution in [0.5, 0.6) is 5.75 Å². The second kappa shape index (κ2) is 7.28. The van der Waals surface area contributed by atoms with Crippen LogP contribution in [-0.2, 0) is 4.79 Å². The van der Waals surface area contributed by atoms with Crippen LogP contribution in [0.25, 0.3) is 10.0 Å². The number of hydrogen-bond acceptors (Lipinski definition) is 3. The van der Waals surface area contributed by atoms with Gasteiger partial charge in [-0.15, -0.1) is 0 Å². The number of nitrogens with zero attached hydrogens (tertiary/aromatic N) is 1. The van der Waals surface area contributed by atoms with E-state index in [-0.39, 0.29) is 30.4 Å². The number of phenolic OH excluding ortho intramolecular Hbond substituents is 1. The second-order valence-corrected chi connectivity index (χ2v) is 19.4. The van der Waals surface area contributed by atoms with Crippen LogP contribution in [0.4, 0.5) is 5.69 Å². The molecular weight excluding hydrogens is 533 g/mol. The van der Waals surface area contributed by atoms with E-state index in [0.717, 1.165) is 26.6 Å². The molecule has 0 amide bonds. The molecule has 1 aromatic carbocycles. The van der Waals surface area contributed by atoms with Crippen LogP contribution in [-0.4, -0.2) is 39.2 Å². The Hall–Kier alpha value is -1.46. The van der Waals surface area contributed by atoms with Crippen molar-refractivity contribution in [1.29, 1.82) is 0 Å². The number of allylic oxidation sites excluding steroid dienone is 4. The van der Waals surface area contributed by atoms with Crippen molar-refractivity contribution in [2.45, 2.75) is 58.5 Å². The number of benzene rings is 1. The molecule has 0 spiro atoms. The first kappa shape index (κ1) is 22.7. The van der Waals surface area contributed by atoms with Crippen LogP contribution in [0.1, 0.15) is 46.0 Å². The Morgan fingerprint density at radius 3 is 2.26 bits per heavy atom. The Balaban J connectivity index is 2.25. The van der Waals surface area contributed by atoms with Gasteiger partial charge in [-0.2, -0.15) is 0 Å². The Morgan fingerprint density at radius 2 is 1.71 bits per heavy atom. The van der Waals surface area contributed by atoms with Crippen LogP contribution >= 0.6 is 15.9 Å². The number of fused-ring (bicyclic) bond motifs is 2. The maximum absolute atomic E-state index is 12.6. The predicted molar refractivity (Wildman–Crippen MR) is 137 cm³/mol. The molecule has 1 aromatic heterocycles. The van der Waals surface area contributed by atoms with Gasteiger partial charge in [-0.05, 0) is 0 Å². The molecule has 2 aromatic rings. The first-order valence-corrected chi connectivity index (χ1v) is 15.0. The minimum absolute atomic E-state index is 0.0223.